The van der Waals surface area contributed by atoms with Crippen LogP contribution in [0, 0.1) is 20.7 Å². The Morgan fingerprint density at radius 2 is 2.40 bits per heavy atom. The highest BCUT2D eigenvalue weighted by Gasteiger charge is 2.00. The lowest BCUT2D eigenvalue weighted by Crippen LogP contribution is -1.88. The maximum atomic E-state index is 12.6. The first-order valence-corrected chi connectivity index (χ1v) is 3.53. The summed E-state index contributed by atoms with van der Waals surface area (Å²) in [6.45, 7) is 0. The van der Waals surface area contributed by atoms with Gasteiger partial charge in [-0.25, -0.2) is 9.37 Å². The van der Waals surface area contributed by atoms with Gasteiger partial charge in [0.1, 0.15) is 6.07 Å². The molecular weight excluding hydrogens is 246 g/mol. The van der Waals surface area contributed by atoms with Crippen LogP contribution in [-0.4, -0.2) is 4.98 Å². The molecule has 0 saturated heterocycles. The van der Waals surface area contributed by atoms with E-state index in [1.807, 2.05) is 22.6 Å². The van der Waals surface area contributed by atoms with Crippen LogP contribution < -0.4 is 0 Å². The van der Waals surface area contributed by atoms with E-state index >= 15 is 0 Å². The van der Waals surface area contributed by atoms with Crippen molar-refractivity contribution in [3.8, 4) is 6.07 Å². The normalized spacial score (nSPS) is 8.90. The molecular formula is C6H2FIN2. The summed E-state index contributed by atoms with van der Waals surface area (Å²) in [6.07, 6.45) is 1.45. The highest BCUT2D eigenvalue weighted by atomic mass is 127. The molecule has 0 aromatic carbocycles. The SMILES string of the molecule is N#Cc1ncc(I)cc1F. The third-order valence-electron chi connectivity index (χ3n) is 0.914. The van der Waals surface area contributed by atoms with E-state index in [1.165, 1.54) is 12.3 Å². The average Bonchev–Trinajstić information content (AvgIpc) is 1.88. The van der Waals surface area contributed by atoms with Crippen molar-refractivity contribution in [2.75, 3.05) is 0 Å². The zero-order valence-corrected chi connectivity index (χ0v) is 6.96. The maximum absolute atomic E-state index is 12.6. The molecule has 0 aliphatic rings. The topological polar surface area (TPSA) is 36.7 Å². The van der Waals surface area contributed by atoms with Crippen LogP contribution in [0.25, 0.3) is 0 Å². The van der Waals surface area contributed by atoms with Crippen molar-refractivity contribution in [2.45, 2.75) is 0 Å². The monoisotopic (exact) mass is 248 g/mol. The highest BCUT2D eigenvalue weighted by molar-refractivity contribution is 14.1. The number of pyridine rings is 1. The van der Waals surface area contributed by atoms with Crippen molar-refractivity contribution in [1.82, 2.24) is 4.98 Å². The number of nitrogens with zero attached hydrogens (tertiary/aromatic N) is 2. The second kappa shape index (κ2) is 2.92. The van der Waals surface area contributed by atoms with E-state index in [0.717, 1.165) is 0 Å². The van der Waals surface area contributed by atoms with Gasteiger partial charge in [-0.15, -0.1) is 0 Å². The number of hydrogen-bond acceptors (Lipinski definition) is 2. The maximum Gasteiger partial charge on any atom is 0.176 e. The van der Waals surface area contributed by atoms with Crippen molar-refractivity contribution in [3.05, 3.63) is 27.3 Å². The molecule has 0 amide bonds. The summed E-state index contributed by atoms with van der Waals surface area (Å²) in [5.74, 6) is -0.561. The van der Waals surface area contributed by atoms with Gasteiger partial charge in [-0.1, -0.05) is 0 Å². The fourth-order valence-corrected chi connectivity index (χ4v) is 0.910. The summed E-state index contributed by atoms with van der Waals surface area (Å²) >= 11 is 1.93. The lowest BCUT2D eigenvalue weighted by atomic mass is 10.4. The first-order valence-electron chi connectivity index (χ1n) is 2.45. The van der Waals surface area contributed by atoms with Gasteiger partial charge in [0.25, 0.3) is 0 Å². The quantitative estimate of drug-likeness (QED) is 0.655. The zero-order chi connectivity index (χ0) is 7.56. The molecule has 1 aromatic heterocycles. The van der Waals surface area contributed by atoms with Gasteiger partial charge in [-0.3, -0.25) is 0 Å². The number of aromatic nitrogens is 1. The Morgan fingerprint density at radius 1 is 1.70 bits per heavy atom. The van der Waals surface area contributed by atoms with Crippen molar-refractivity contribution in [3.63, 3.8) is 0 Å². The lowest BCUT2D eigenvalue weighted by Gasteiger charge is -1.90. The summed E-state index contributed by atoms with van der Waals surface area (Å²) in [5.41, 5.74) is -0.152. The smallest absolute Gasteiger partial charge is 0.176 e. The largest absolute Gasteiger partial charge is 0.242 e. The van der Waals surface area contributed by atoms with Gasteiger partial charge < -0.3 is 0 Å². The number of hydrogen-bond donors (Lipinski definition) is 0. The second-order valence-corrected chi connectivity index (χ2v) is 2.84. The summed E-state index contributed by atoms with van der Waals surface area (Å²) in [4.78, 5) is 3.55. The molecule has 10 heavy (non-hydrogen) atoms. The molecule has 1 aromatic rings. The van der Waals surface area contributed by atoms with Crippen molar-refractivity contribution < 1.29 is 4.39 Å². The summed E-state index contributed by atoms with van der Waals surface area (Å²) in [5, 5.41) is 8.25. The Labute approximate surface area is 70.8 Å². The molecule has 0 spiro atoms. The molecule has 4 heteroatoms. The fraction of sp³-hybridized carbons (Fsp3) is 0. The van der Waals surface area contributed by atoms with Crippen LogP contribution in [0.4, 0.5) is 4.39 Å². The number of halogens is 2. The number of nitriles is 1. The predicted molar refractivity (Wildman–Crippen MR) is 41.6 cm³/mol. The van der Waals surface area contributed by atoms with Crippen molar-refractivity contribution >= 4 is 22.6 Å². The Hall–Kier alpha value is -0.700. The highest BCUT2D eigenvalue weighted by Crippen LogP contribution is 2.07. The Bertz CT molecular complexity index is 292. The van der Waals surface area contributed by atoms with E-state index in [-0.39, 0.29) is 5.69 Å². The van der Waals surface area contributed by atoms with Crippen LogP contribution >= 0.6 is 22.6 Å². The zero-order valence-electron chi connectivity index (χ0n) is 4.81. The van der Waals surface area contributed by atoms with Gasteiger partial charge in [0.15, 0.2) is 11.5 Å². The Morgan fingerprint density at radius 3 is 2.90 bits per heavy atom. The lowest BCUT2D eigenvalue weighted by molar-refractivity contribution is 0.615. The predicted octanol–water partition coefficient (Wildman–Crippen LogP) is 1.70. The van der Waals surface area contributed by atoms with Gasteiger partial charge in [0, 0.05) is 9.77 Å². The minimum atomic E-state index is -0.561. The standard InChI is InChI=1S/C6H2FIN2/c7-5-1-4(8)3-10-6(5)2-9/h1,3H. The van der Waals surface area contributed by atoms with E-state index in [9.17, 15) is 4.39 Å². The Kier molecular flexibility index (Phi) is 2.17. The fourth-order valence-electron chi connectivity index (χ4n) is 0.497. The molecule has 2 nitrogen and oxygen atoms in total. The van der Waals surface area contributed by atoms with E-state index in [1.54, 1.807) is 6.07 Å². The summed E-state index contributed by atoms with van der Waals surface area (Å²) in [7, 11) is 0. The first kappa shape index (κ1) is 7.41. The van der Waals surface area contributed by atoms with Gasteiger partial charge >= 0.3 is 0 Å². The molecule has 50 valence electrons. The molecule has 0 radical (unpaired) electrons. The molecule has 1 heterocycles. The molecule has 0 bridgehead atoms. The number of rotatable bonds is 0. The van der Waals surface area contributed by atoms with Gasteiger partial charge in [-0.05, 0) is 28.7 Å². The minimum Gasteiger partial charge on any atom is -0.242 e. The molecule has 0 saturated carbocycles. The van der Waals surface area contributed by atoms with Gasteiger partial charge in [-0.2, -0.15) is 5.26 Å². The molecule has 0 aliphatic heterocycles. The molecule has 0 aliphatic carbocycles. The molecule has 1 rings (SSSR count). The molecule has 0 unspecified atom stereocenters. The molecule has 0 atom stereocenters. The summed E-state index contributed by atoms with van der Waals surface area (Å²) < 4.78 is 13.2. The Balaban J connectivity index is 3.23. The van der Waals surface area contributed by atoms with Crippen LogP contribution in [0.1, 0.15) is 5.69 Å². The second-order valence-electron chi connectivity index (χ2n) is 1.60. The van der Waals surface area contributed by atoms with Gasteiger partial charge in [0.2, 0.25) is 0 Å². The first-order chi connectivity index (χ1) is 4.74. The van der Waals surface area contributed by atoms with Crippen LogP contribution in [0.2, 0.25) is 0 Å². The molecule has 0 fully saturated rings. The van der Waals surface area contributed by atoms with E-state index in [4.69, 9.17) is 5.26 Å². The molecule has 0 N–H and O–H groups in total. The van der Waals surface area contributed by atoms with E-state index in [2.05, 4.69) is 4.98 Å². The van der Waals surface area contributed by atoms with Crippen LogP contribution in [-0.2, 0) is 0 Å². The van der Waals surface area contributed by atoms with Crippen LogP contribution in [0.5, 0.6) is 0 Å². The third-order valence-corrected chi connectivity index (χ3v) is 1.50. The van der Waals surface area contributed by atoms with Crippen molar-refractivity contribution in [2.24, 2.45) is 0 Å². The summed E-state index contributed by atoms with van der Waals surface area (Å²) in [6, 6.07) is 2.90. The van der Waals surface area contributed by atoms with E-state index in [0.29, 0.717) is 3.57 Å². The van der Waals surface area contributed by atoms with Gasteiger partial charge in [0.05, 0.1) is 0 Å². The minimum absolute atomic E-state index is 0.152. The van der Waals surface area contributed by atoms with Crippen molar-refractivity contribution in [1.29, 1.82) is 5.26 Å². The average molecular weight is 248 g/mol. The van der Waals surface area contributed by atoms with Crippen LogP contribution in [0.15, 0.2) is 12.3 Å². The third kappa shape index (κ3) is 1.42. The van der Waals surface area contributed by atoms with Crippen LogP contribution in [0.3, 0.4) is 0 Å². The van der Waals surface area contributed by atoms with E-state index < -0.39 is 5.82 Å².